The molecule has 1 aliphatic heterocycles. The fourth-order valence-electron chi connectivity index (χ4n) is 2.69. The van der Waals surface area contributed by atoms with Gasteiger partial charge < -0.3 is 15.8 Å². The number of nitrogens with one attached hydrogen (secondary N) is 1. The Balaban J connectivity index is 1.61. The third-order valence-electron chi connectivity index (χ3n) is 3.95. The normalized spacial score (nSPS) is 12.9. The van der Waals surface area contributed by atoms with E-state index in [1.165, 1.54) is 7.11 Å². The first-order chi connectivity index (χ1) is 12.0. The quantitative estimate of drug-likeness (QED) is 0.640. The molecule has 2 aromatic rings. The number of hydrogen-bond donors (Lipinski definition) is 2. The van der Waals surface area contributed by atoms with Crippen LogP contribution in [0.15, 0.2) is 42.5 Å². The molecule has 3 rings (SSSR count). The maximum absolute atomic E-state index is 12.2. The van der Waals surface area contributed by atoms with E-state index in [-0.39, 0.29) is 30.7 Å². The molecule has 0 bridgehead atoms. The predicted molar refractivity (Wildman–Crippen MR) is 92.5 cm³/mol. The van der Waals surface area contributed by atoms with Gasteiger partial charge in [-0.1, -0.05) is 12.1 Å². The SMILES string of the molecule is COc1ccc(NC(=O)CCN2C(=O)c3ccccc3C2=O)cc1N. The van der Waals surface area contributed by atoms with Gasteiger partial charge in [-0.3, -0.25) is 19.3 Å². The van der Waals surface area contributed by atoms with E-state index in [1.54, 1.807) is 42.5 Å². The summed E-state index contributed by atoms with van der Waals surface area (Å²) in [5.41, 5.74) is 7.46. The number of nitrogens with two attached hydrogens (primary N) is 1. The van der Waals surface area contributed by atoms with Gasteiger partial charge in [0.25, 0.3) is 11.8 Å². The number of nitrogens with zero attached hydrogens (tertiary/aromatic N) is 1. The summed E-state index contributed by atoms with van der Waals surface area (Å²) in [6.45, 7) is 0.0177. The van der Waals surface area contributed by atoms with E-state index in [1.807, 2.05) is 0 Å². The van der Waals surface area contributed by atoms with E-state index in [0.29, 0.717) is 28.3 Å². The second-order valence-electron chi connectivity index (χ2n) is 5.56. The Labute approximate surface area is 144 Å². The molecule has 7 heteroatoms. The lowest BCUT2D eigenvalue weighted by Crippen LogP contribution is -2.32. The highest BCUT2D eigenvalue weighted by atomic mass is 16.5. The van der Waals surface area contributed by atoms with E-state index in [4.69, 9.17) is 10.5 Å². The van der Waals surface area contributed by atoms with Gasteiger partial charge >= 0.3 is 0 Å². The van der Waals surface area contributed by atoms with Crippen LogP contribution in [0.25, 0.3) is 0 Å². The summed E-state index contributed by atoms with van der Waals surface area (Å²) in [5.74, 6) is -0.547. The van der Waals surface area contributed by atoms with Crippen molar-refractivity contribution in [3.63, 3.8) is 0 Å². The lowest BCUT2D eigenvalue weighted by molar-refractivity contribution is -0.116. The van der Waals surface area contributed by atoms with Gasteiger partial charge in [0.2, 0.25) is 5.91 Å². The van der Waals surface area contributed by atoms with Crippen molar-refractivity contribution in [1.29, 1.82) is 0 Å². The third-order valence-corrected chi connectivity index (χ3v) is 3.95. The minimum atomic E-state index is -0.373. The summed E-state index contributed by atoms with van der Waals surface area (Å²) in [4.78, 5) is 37.7. The van der Waals surface area contributed by atoms with Crippen LogP contribution in [-0.4, -0.2) is 36.3 Å². The molecule has 1 heterocycles. The minimum Gasteiger partial charge on any atom is -0.495 e. The molecule has 0 aliphatic carbocycles. The average Bonchev–Trinajstić information content (AvgIpc) is 2.85. The van der Waals surface area contributed by atoms with Crippen molar-refractivity contribution in [2.24, 2.45) is 0 Å². The van der Waals surface area contributed by atoms with E-state index in [9.17, 15) is 14.4 Å². The number of imide groups is 1. The molecule has 128 valence electrons. The van der Waals surface area contributed by atoms with Crippen molar-refractivity contribution >= 4 is 29.1 Å². The summed E-state index contributed by atoms with van der Waals surface area (Å²) >= 11 is 0. The highest BCUT2D eigenvalue weighted by Gasteiger charge is 2.34. The Morgan fingerprint density at radius 2 is 1.76 bits per heavy atom. The first kappa shape index (κ1) is 16.5. The molecule has 1 aliphatic rings. The number of ether oxygens (including phenoxy) is 1. The first-order valence-corrected chi connectivity index (χ1v) is 7.70. The summed E-state index contributed by atoms with van der Waals surface area (Å²) in [6, 6.07) is 11.5. The lowest BCUT2D eigenvalue weighted by atomic mass is 10.1. The highest BCUT2D eigenvalue weighted by Crippen LogP contribution is 2.25. The van der Waals surface area contributed by atoms with Gasteiger partial charge in [0.05, 0.1) is 23.9 Å². The molecule has 0 atom stereocenters. The molecule has 2 aromatic carbocycles. The van der Waals surface area contributed by atoms with Gasteiger partial charge in [0.15, 0.2) is 0 Å². The monoisotopic (exact) mass is 339 g/mol. The topological polar surface area (TPSA) is 102 Å². The van der Waals surface area contributed by atoms with Gasteiger partial charge in [-0.15, -0.1) is 0 Å². The molecule has 7 nitrogen and oxygen atoms in total. The zero-order valence-corrected chi connectivity index (χ0v) is 13.6. The summed E-state index contributed by atoms with van der Waals surface area (Å²) in [5, 5.41) is 2.69. The standard InChI is InChI=1S/C18H17N3O4/c1-25-15-7-6-11(10-14(15)19)20-16(22)8-9-21-17(23)12-4-2-3-5-13(12)18(21)24/h2-7,10H,8-9,19H2,1H3,(H,20,22). The first-order valence-electron chi connectivity index (χ1n) is 7.70. The molecule has 0 saturated heterocycles. The van der Waals surface area contributed by atoms with Crippen molar-refractivity contribution < 1.29 is 19.1 Å². The van der Waals surface area contributed by atoms with Gasteiger partial charge in [-0.05, 0) is 30.3 Å². The largest absolute Gasteiger partial charge is 0.495 e. The Kier molecular flexibility index (Phi) is 4.38. The van der Waals surface area contributed by atoms with Crippen LogP contribution in [-0.2, 0) is 4.79 Å². The van der Waals surface area contributed by atoms with Crippen LogP contribution in [0.3, 0.4) is 0 Å². The van der Waals surface area contributed by atoms with E-state index in [2.05, 4.69) is 5.32 Å². The molecule has 3 amide bonds. The molecular formula is C18H17N3O4. The van der Waals surface area contributed by atoms with E-state index >= 15 is 0 Å². The minimum absolute atomic E-state index is 0.00258. The zero-order valence-electron chi connectivity index (χ0n) is 13.6. The smallest absolute Gasteiger partial charge is 0.261 e. The summed E-state index contributed by atoms with van der Waals surface area (Å²) in [7, 11) is 1.51. The number of fused-ring (bicyclic) bond motifs is 1. The Hall–Kier alpha value is -3.35. The summed E-state index contributed by atoms with van der Waals surface area (Å²) in [6.07, 6.45) is -0.00258. The maximum Gasteiger partial charge on any atom is 0.261 e. The molecule has 0 radical (unpaired) electrons. The number of methoxy groups -OCH3 is 1. The second kappa shape index (κ2) is 6.64. The number of amides is 3. The van der Waals surface area contributed by atoms with Crippen molar-refractivity contribution in [2.75, 3.05) is 24.7 Å². The van der Waals surface area contributed by atoms with Gasteiger partial charge in [-0.2, -0.15) is 0 Å². The van der Waals surface area contributed by atoms with Crippen molar-refractivity contribution in [2.45, 2.75) is 6.42 Å². The predicted octanol–water partition coefficient (Wildman–Crippen LogP) is 1.90. The fraction of sp³-hybridized carbons (Fsp3) is 0.167. The molecule has 0 unspecified atom stereocenters. The third kappa shape index (κ3) is 3.16. The molecule has 0 saturated carbocycles. The van der Waals surface area contributed by atoms with Crippen LogP contribution in [0, 0.1) is 0 Å². The van der Waals surface area contributed by atoms with Gasteiger partial charge in [-0.25, -0.2) is 0 Å². The zero-order chi connectivity index (χ0) is 18.0. The van der Waals surface area contributed by atoms with E-state index < -0.39 is 0 Å². The van der Waals surface area contributed by atoms with Crippen LogP contribution < -0.4 is 15.8 Å². The van der Waals surface area contributed by atoms with Crippen LogP contribution in [0.2, 0.25) is 0 Å². The second-order valence-corrected chi connectivity index (χ2v) is 5.56. The average molecular weight is 339 g/mol. The van der Waals surface area contributed by atoms with E-state index in [0.717, 1.165) is 4.90 Å². The van der Waals surface area contributed by atoms with Gasteiger partial charge in [0, 0.05) is 18.7 Å². The fourth-order valence-corrected chi connectivity index (χ4v) is 2.69. The number of rotatable bonds is 5. The van der Waals surface area contributed by atoms with Crippen LogP contribution >= 0.6 is 0 Å². The number of anilines is 2. The maximum atomic E-state index is 12.2. The Morgan fingerprint density at radius 3 is 2.32 bits per heavy atom. The Morgan fingerprint density at radius 1 is 1.12 bits per heavy atom. The molecule has 0 fully saturated rings. The number of benzene rings is 2. The molecule has 0 aromatic heterocycles. The van der Waals surface area contributed by atoms with Gasteiger partial charge in [0.1, 0.15) is 5.75 Å². The van der Waals surface area contributed by atoms with Crippen molar-refractivity contribution in [1.82, 2.24) is 4.90 Å². The molecular weight excluding hydrogens is 322 g/mol. The van der Waals surface area contributed by atoms with Crippen LogP contribution in [0.5, 0.6) is 5.75 Å². The molecule has 25 heavy (non-hydrogen) atoms. The number of carbonyl (C=O) groups is 3. The lowest BCUT2D eigenvalue weighted by Gasteiger charge is -2.14. The molecule has 3 N–H and O–H groups in total. The highest BCUT2D eigenvalue weighted by molar-refractivity contribution is 6.21. The van der Waals surface area contributed by atoms with Crippen molar-refractivity contribution in [3.8, 4) is 5.75 Å². The Bertz CT molecular complexity index is 828. The van der Waals surface area contributed by atoms with Crippen LogP contribution in [0.1, 0.15) is 27.1 Å². The number of carbonyl (C=O) groups excluding carboxylic acids is 3. The summed E-state index contributed by atoms with van der Waals surface area (Å²) < 4.78 is 5.05. The number of hydrogen-bond acceptors (Lipinski definition) is 5. The molecule has 0 spiro atoms. The van der Waals surface area contributed by atoms with Crippen molar-refractivity contribution in [3.05, 3.63) is 53.6 Å². The number of nitrogen functional groups attached to an aromatic ring is 1. The van der Waals surface area contributed by atoms with Crippen LogP contribution in [0.4, 0.5) is 11.4 Å².